The van der Waals surface area contributed by atoms with Crippen molar-refractivity contribution in [3.05, 3.63) is 106 Å². The summed E-state index contributed by atoms with van der Waals surface area (Å²) in [5.41, 5.74) is 5.54. The highest BCUT2D eigenvalue weighted by Gasteiger charge is 2.85. The maximum atomic E-state index is 13.9. The number of fused-ring (bicyclic) bond motifs is 2. The minimum Gasteiger partial charge on any atom is -0.460 e. The molecule has 0 amide bonds. The molecule has 0 radical (unpaired) electrons. The molecule has 9 nitrogen and oxygen atoms in total. The molecule has 1 fully saturated rings. The highest BCUT2D eigenvalue weighted by atomic mass is 16.7. The van der Waals surface area contributed by atoms with Gasteiger partial charge in [-0.2, -0.15) is 0 Å². The fraction of sp³-hybridized carbons (Fsp3) is 0.364. The highest BCUT2D eigenvalue weighted by molar-refractivity contribution is 6.32. The molecule has 0 spiro atoms. The normalized spacial score (nSPS) is 23.9. The number of aliphatic hydroxyl groups is 2. The Hall–Kier alpha value is -4.05. The number of hydrogen-bond acceptors (Lipinski definition) is 9. The van der Waals surface area contributed by atoms with E-state index in [1.165, 1.54) is 12.1 Å². The monoisotopic (exact) mass is 572 g/mol. The van der Waals surface area contributed by atoms with E-state index < -0.39 is 34.8 Å². The van der Waals surface area contributed by atoms with Gasteiger partial charge in [0.15, 0.2) is 11.4 Å². The lowest BCUT2D eigenvalue weighted by Gasteiger charge is -2.25. The number of ether oxygens (including phenoxy) is 2. The van der Waals surface area contributed by atoms with Gasteiger partial charge in [0.2, 0.25) is 5.78 Å². The van der Waals surface area contributed by atoms with E-state index in [9.17, 15) is 24.6 Å². The van der Waals surface area contributed by atoms with Crippen LogP contribution in [0, 0.1) is 0 Å². The summed E-state index contributed by atoms with van der Waals surface area (Å²) in [6, 6.07) is 15.9. The van der Waals surface area contributed by atoms with Crippen LogP contribution in [-0.4, -0.2) is 64.8 Å². The Bertz CT molecular complexity index is 1480. The van der Waals surface area contributed by atoms with E-state index in [2.05, 4.69) is 5.32 Å². The number of benzene rings is 2. The van der Waals surface area contributed by atoms with Gasteiger partial charge in [-0.25, -0.2) is 4.79 Å². The van der Waals surface area contributed by atoms with Crippen LogP contribution in [0.25, 0.3) is 0 Å². The van der Waals surface area contributed by atoms with Crippen molar-refractivity contribution in [1.29, 1.82) is 0 Å². The summed E-state index contributed by atoms with van der Waals surface area (Å²) in [7, 11) is 0. The van der Waals surface area contributed by atoms with Crippen LogP contribution < -0.4 is 11.1 Å². The summed E-state index contributed by atoms with van der Waals surface area (Å²) in [5, 5.41) is 23.9. The summed E-state index contributed by atoms with van der Waals surface area (Å²) in [4.78, 5) is 41.2. The Morgan fingerprint density at radius 3 is 2.45 bits per heavy atom. The van der Waals surface area contributed by atoms with Crippen molar-refractivity contribution in [2.24, 2.45) is 5.73 Å². The van der Waals surface area contributed by atoms with E-state index in [1.807, 2.05) is 49.4 Å². The van der Waals surface area contributed by atoms with Crippen LogP contribution in [0.5, 0.6) is 0 Å². The topological polar surface area (TPSA) is 151 Å². The molecule has 42 heavy (non-hydrogen) atoms. The quantitative estimate of drug-likeness (QED) is 0.130. The zero-order valence-electron chi connectivity index (χ0n) is 23.6. The molecule has 0 bridgehead atoms. The maximum absolute atomic E-state index is 13.9. The number of nitrogens with one attached hydrogen (secondary N) is 1. The first-order chi connectivity index (χ1) is 20.2. The fourth-order valence-corrected chi connectivity index (χ4v) is 5.77. The van der Waals surface area contributed by atoms with Gasteiger partial charge in [-0.05, 0) is 55.4 Å². The third kappa shape index (κ3) is 5.43. The number of hydrogen-bond donors (Lipinski definition) is 4. The van der Waals surface area contributed by atoms with E-state index in [4.69, 9.17) is 15.2 Å². The molecule has 0 saturated carbocycles. The number of ketones is 2. The highest BCUT2D eigenvalue weighted by Crippen LogP contribution is 2.59. The minimum atomic E-state index is -2.17. The maximum Gasteiger partial charge on any atom is 0.350 e. The van der Waals surface area contributed by atoms with Crippen molar-refractivity contribution in [1.82, 2.24) is 5.32 Å². The fourth-order valence-electron chi connectivity index (χ4n) is 5.77. The van der Waals surface area contributed by atoms with Gasteiger partial charge in [0.05, 0.1) is 18.5 Å². The number of esters is 1. The van der Waals surface area contributed by atoms with Crippen LogP contribution in [0.4, 0.5) is 0 Å². The third-order valence-corrected chi connectivity index (χ3v) is 8.32. The molecule has 9 heteroatoms. The number of aryl methyl sites for hydroxylation is 1. The molecule has 1 aliphatic carbocycles. The van der Waals surface area contributed by atoms with Crippen molar-refractivity contribution < 1.29 is 34.1 Å². The number of nitrogens with two attached hydrogens (primary N) is 1. The first-order valence-electron chi connectivity index (χ1n) is 14.2. The first kappa shape index (κ1) is 29.4. The molecule has 1 saturated heterocycles. The summed E-state index contributed by atoms with van der Waals surface area (Å²) in [5.74, 6) is -1.59. The molecule has 3 aliphatic rings. The smallest absolute Gasteiger partial charge is 0.350 e. The largest absolute Gasteiger partial charge is 0.460 e. The molecule has 5 N–H and O–H groups in total. The number of carbonyl (C=O) groups excluding carboxylic acids is 3. The Balaban J connectivity index is 1.35. The lowest BCUT2D eigenvalue weighted by molar-refractivity contribution is -0.151. The average Bonchev–Trinajstić information content (AvgIpc) is 3.71. The molecule has 2 aromatic carbocycles. The molecule has 2 heterocycles. The van der Waals surface area contributed by atoms with Crippen molar-refractivity contribution >= 4 is 17.5 Å². The standard InChI is InChI=1S/C33H36N2O7/c1-21(11-12-23-15-16-35-28(34)17-23)24(19-36)18-32-29(38)26-9-5-6-10-27(26)30(39)33(32,42-32)31(40)41-20-25(37)14-13-22-7-3-2-4-8-22/h2-10,15,17,25,35-37H,11-14,16,18-20,34H2,1H3/b24-21-/t25-,32+,33+/m1/s1. The van der Waals surface area contributed by atoms with Gasteiger partial charge >= 0.3 is 5.97 Å². The van der Waals surface area contributed by atoms with Gasteiger partial charge in [-0.15, -0.1) is 0 Å². The molecule has 2 aromatic rings. The zero-order chi connectivity index (χ0) is 29.9. The van der Waals surface area contributed by atoms with Crippen molar-refractivity contribution in [2.75, 3.05) is 19.8 Å². The average molecular weight is 573 g/mol. The van der Waals surface area contributed by atoms with Gasteiger partial charge in [0, 0.05) is 24.1 Å². The lowest BCUT2D eigenvalue weighted by atomic mass is 9.71. The van der Waals surface area contributed by atoms with E-state index in [-0.39, 0.29) is 30.8 Å². The molecular formula is C33H36N2O7. The second kappa shape index (κ2) is 12.1. The molecule has 220 valence electrons. The summed E-state index contributed by atoms with van der Waals surface area (Å²) < 4.78 is 11.4. The molecular weight excluding hydrogens is 536 g/mol. The van der Waals surface area contributed by atoms with Gasteiger partial charge in [0.25, 0.3) is 5.60 Å². The van der Waals surface area contributed by atoms with E-state index in [0.717, 1.165) is 16.7 Å². The number of carbonyl (C=O) groups is 3. The van der Waals surface area contributed by atoms with Crippen molar-refractivity contribution in [3.8, 4) is 0 Å². The predicted molar refractivity (Wildman–Crippen MR) is 155 cm³/mol. The van der Waals surface area contributed by atoms with Gasteiger partial charge in [-0.3, -0.25) is 9.59 Å². The van der Waals surface area contributed by atoms with Crippen molar-refractivity contribution in [2.45, 2.75) is 56.3 Å². The Labute approximate surface area is 244 Å². The van der Waals surface area contributed by atoms with E-state index in [0.29, 0.717) is 43.6 Å². The molecule has 0 aromatic heterocycles. The molecule has 2 aliphatic heterocycles. The summed E-state index contributed by atoms with van der Waals surface area (Å²) >= 11 is 0. The molecule has 3 atom stereocenters. The second-order valence-corrected chi connectivity index (χ2v) is 11.1. The first-order valence-corrected chi connectivity index (χ1v) is 14.2. The number of epoxide rings is 1. The van der Waals surface area contributed by atoms with E-state index >= 15 is 0 Å². The lowest BCUT2D eigenvalue weighted by Crippen LogP contribution is -2.51. The molecule has 0 unspecified atom stereocenters. The van der Waals surface area contributed by atoms with Crippen LogP contribution >= 0.6 is 0 Å². The second-order valence-electron chi connectivity index (χ2n) is 11.1. The van der Waals surface area contributed by atoms with Crippen LogP contribution in [0.15, 0.2) is 89.3 Å². The van der Waals surface area contributed by atoms with Crippen LogP contribution in [0.2, 0.25) is 0 Å². The third-order valence-electron chi connectivity index (χ3n) is 8.32. The van der Waals surface area contributed by atoms with Gasteiger partial charge in [-0.1, -0.05) is 66.2 Å². The van der Waals surface area contributed by atoms with Crippen LogP contribution in [0.1, 0.15) is 58.9 Å². The van der Waals surface area contributed by atoms with Gasteiger partial charge in [0.1, 0.15) is 6.61 Å². The van der Waals surface area contributed by atoms with Crippen LogP contribution in [0.3, 0.4) is 0 Å². The predicted octanol–water partition coefficient (Wildman–Crippen LogP) is 2.92. The number of Topliss-reactive ketones (excluding diaryl/α,β-unsaturated/α-hetero) is 2. The SMILES string of the molecule is C/C(CCC1=CCNC(N)=C1)=C(/CO)C[C@@]12O[C@]1(C(=O)OC[C@H](O)CCc1ccccc1)C(=O)c1ccccc1C2=O. The van der Waals surface area contributed by atoms with E-state index in [1.54, 1.807) is 12.1 Å². The summed E-state index contributed by atoms with van der Waals surface area (Å²) in [6.07, 6.45) is 4.93. The van der Waals surface area contributed by atoms with Crippen LogP contribution in [-0.2, 0) is 20.7 Å². The van der Waals surface area contributed by atoms with Gasteiger partial charge < -0.3 is 30.7 Å². The molecule has 5 rings (SSSR count). The minimum absolute atomic E-state index is 0.0886. The summed E-state index contributed by atoms with van der Waals surface area (Å²) in [6.45, 7) is 1.76. The number of aliphatic hydroxyl groups excluding tert-OH is 2. The number of rotatable bonds is 12. The number of allylic oxidation sites excluding steroid dienone is 3. The Morgan fingerprint density at radius 1 is 1.07 bits per heavy atom. The van der Waals surface area contributed by atoms with Crippen molar-refractivity contribution in [3.63, 3.8) is 0 Å². The Kier molecular flexibility index (Phi) is 8.45. The Morgan fingerprint density at radius 2 is 1.76 bits per heavy atom. The number of dihydropyridines is 1. The zero-order valence-corrected chi connectivity index (χ0v) is 23.6.